The maximum absolute atomic E-state index is 5.52. The lowest BCUT2D eigenvalue weighted by molar-refractivity contribution is 0.174. The van der Waals surface area contributed by atoms with Crippen LogP contribution >= 0.6 is 0 Å². The third-order valence-electron chi connectivity index (χ3n) is 5.13. The maximum Gasteiger partial charge on any atom is 0.231 e. The number of H-pyrrole nitrogens is 1. The van der Waals surface area contributed by atoms with Crippen molar-refractivity contribution in [3.63, 3.8) is 0 Å². The van der Waals surface area contributed by atoms with E-state index in [9.17, 15) is 0 Å². The zero-order chi connectivity index (χ0) is 19.8. The molecule has 2 N–H and O–H groups in total. The van der Waals surface area contributed by atoms with Crippen LogP contribution in [0.1, 0.15) is 5.69 Å². The predicted molar refractivity (Wildman–Crippen MR) is 110 cm³/mol. The Morgan fingerprint density at radius 1 is 0.966 bits per heavy atom. The number of piperazine rings is 1. The number of anilines is 3. The van der Waals surface area contributed by atoms with Gasteiger partial charge in [-0.2, -0.15) is 5.10 Å². The first kappa shape index (κ1) is 17.7. The zero-order valence-corrected chi connectivity index (χ0v) is 16.5. The second kappa shape index (κ2) is 7.25. The Morgan fingerprint density at radius 3 is 2.59 bits per heavy atom. The van der Waals surface area contributed by atoms with Gasteiger partial charge >= 0.3 is 0 Å². The highest BCUT2D eigenvalue weighted by molar-refractivity contribution is 5.67. The molecule has 0 saturated carbocycles. The number of rotatable bonds is 4. The number of aromatic amines is 1. The number of nitrogens with one attached hydrogen (secondary N) is 2. The van der Waals surface area contributed by atoms with Gasteiger partial charge in [0.25, 0.3) is 0 Å². The quantitative estimate of drug-likeness (QED) is 0.698. The molecule has 0 unspecified atom stereocenters. The molecule has 2 aliphatic rings. The van der Waals surface area contributed by atoms with E-state index in [4.69, 9.17) is 19.4 Å². The Labute approximate surface area is 168 Å². The summed E-state index contributed by atoms with van der Waals surface area (Å²) >= 11 is 0. The lowest BCUT2D eigenvalue weighted by Gasteiger charge is -2.33. The second-order valence-corrected chi connectivity index (χ2v) is 7.35. The van der Waals surface area contributed by atoms with Crippen LogP contribution in [0.25, 0.3) is 11.4 Å². The van der Waals surface area contributed by atoms with Crippen LogP contribution in [0.4, 0.5) is 17.5 Å². The highest BCUT2D eigenvalue weighted by Crippen LogP contribution is 2.36. The number of aryl methyl sites for hydroxylation is 1. The van der Waals surface area contributed by atoms with Gasteiger partial charge in [-0.15, -0.1) is 0 Å². The third-order valence-corrected chi connectivity index (χ3v) is 5.13. The van der Waals surface area contributed by atoms with Crippen molar-refractivity contribution < 1.29 is 9.47 Å². The fourth-order valence-electron chi connectivity index (χ4n) is 3.47. The molecule has 4 heterocycles. The fourth-order valence-corrected chi connectivity index (χ4v) is 3.47. The van der Waals surface area contributed by atoms with Crippen LogP contribution in [0.15, 0.2) is 30.3 Å². The molecule has 0 amide bonds. The van der Waals surface area contributed by atoms with Crippen LogP contribution in [0.5, 0.6) is 11.5 Å². The number of aromatic nitrogens is 4. The van der Waals surface area contributed by atoms with Crippen molar-refractivity contribution in [2.24, 2.45) is 0 Å². The van der Waals surface area contributed by atoms with Gasteiger partial charge in [-0.1, -0.05) is 0 Å². The van der Waals surface area contributed by atoms with Gasteiger partial charge in [-0.25, -0.2) is 9.97 Å². The van der Waals surface area contributed by atoms with Gasteiger partial charge in [0, 0.05) is 49.6 Å². The third kappa shape index (κ3) is 3.68. The average Bonchev–Trinajstić information content (AvgIpc) is 3.36. The molecule has 0 spiro atoms. The molecule has 1 aromatic carbocycles. The van der Waals surface area contributed by atoms with E-state index in [0.29, 0.717) is 17.4 Å². The Kier molecular flexibility index (Phi) is 4.44. The Hall–Kier alpha value is -3.33. The molecular weight excluding hydrogens is 370 g/mol. The molecule has 1 saturated heterocycles. The van der Waals surface area contributed by atoms with Crippen LogP contribution in [0, 0.1) is 6.92 Å². The molecular formula is C20H23N7O2. The van der Waals surface area contributed by atoms with Gasteiger partial charge in [-0.3, -0.25) is 5.10 Å². The normalized spacial score (nSPS) is 16.3. The molecule has 2 aliphatic heterocycles. The van der Waals surface area contributed by atoms with Crippen LogP contribution in [0.3, 0.4) is 0 Å². The Bertz CT molecular complexity index is 1030. The lowest BCUT2D eigenvalue weighted by Crippen LogP contribution is -2.44. The number of likely N-dealkylation sites (N-methyl/N-ethyl adjacent to an activating group) is 1. The van der Waals surface area contributed by atoms with Crippen molar-refractivity contribution in [3.8, 4) is 22.9 Å². The topological polar surface area (TPSA) is 91.4 Å². The van der Waals surface area contributed by atoms with Gasteiger partial charge in [0.2, 0.25) is 6.79 Å². The summed E-state index contributed by atoms with van der Waals surface area (Å²) in [5.41, 5.74) is 1.86. The summed E-state index contributed by atoms with van der Waals surface area (Å²) in [5, 5.41) is 10.5. The molecule has 0 atom stereocenters. The summed E-state index contributed by atoms with van der Waals surface area (Å²) in [6, 6.07) is 9.70. The van der Waals surface area contributed by atoms with Gasteiger partial charge in [-0.05, 0) is 32.2 Å². The van der Waals surface area contributed by atoms with Crippen LogP contribution < -0.4 is 19.7 Å². The maximum atomic E-state index is 5.52. The largest absolute Gasteiger partial charge is 0.454 e. The minimum atomic E-state index is 0.242. The molecule has 150 valence electrons. The van der Waals surface area contributed by atoms with Crippen molar-refractivity contribution in [2.75, 3.05) is 50.2 Å². The van der Waals surface area contributed by atoms with Gasteiger partial charge < -0.3 is 24.6 Å². The van der Waals surface area contributed by atoms with Crippen molar-refractivity contribution >= 4 is 17.5 Å². The molecule has 0 radical (unpaired) electrons. The van der Waals surface area contributed by atoms with E-state index in [-0.39, 0.29) is 6.79 Å². The van der Waals surface area contributed by atoms with Crippen molar-refractivity contribution in [1.82, 2.24) is 25.1 Å². The molecule has 1 fully saturated rings. The summed E-state index contributed by atoms with van der Waals surface area (Å²) in [6.07, 6.45) is 0. The van der Waals surface area contributed by atoms with Crippen LogP contribution in [-0.4, -0.2) is 65.1 Å². The molecule has 9 heteroatoms. The number of ether oxygens (including phenoxy) is 2. The molecule has 29 heavy (non-hydrogen) atoms. The van der Waals surface area contributed by atoms with E-state index >= 15 is 0 Å². The first-order valence-corrected chi connectivity index (χ1v) is 9.66. The van der Waals surface area contributed by atoms with Crippen molar-refractivity contribution in [2.45, 2.75) is 6.92 Å². The first-order chi connectivity index (χ1) is 14.1. The van der Waals surface area contributed by atoms with E-state index in [1.54, 1.807) is 0 Å². The van der Waals surface area contributed by atoms with Gasteiger partial charge in [0.05, 0.1) is 0 Å². The SMILES string of the molecule is Cc1cc(Nc2cc(N3CCN(C)CC3)nc(-c3ccc4c(c3)OCO4)n2)n[nH]1. The number of fused-ring (bicyclic) bond motifs is 1. The summed E-state index contributed by atoms with van der Waals surface area (Å²) in [7, 11) is 2.14. The minimum absolute atomic E-state index is 0.242. The summed E-state index contributed by atoms with van der Waals surface area (Å²) in [5.74, 6) is 4.42. The number of hydrogen-bond acceptors (Lipinski definition) is 8. The van der Waals surface area contributed by atoms with E-state index in [0.717, 1.165) is 54.8 Å². The Morgan fingerprint density at radius 2 is 1.79 bits per heavy atom. The highest BCUT2D eigenvalue weighted by Gasteiger charge is 2.20. The zero-order valence-electron chi connectivity index (χ0n) is 16.5. The van der Waals surface area contributed by atoms with Crippen LogP contribution in [-0.2, 0) is 0 Å². The van der Waals surface area contributed by atoms with E-state index in [1.165, 1.54) is 0 Å². The molecule has 3 aromatic rings. The summed E-state index contributed by atoms with van der Waals surface area (Å²) < 4.78 is 10.9. The van der Waals surface area contributed by atoms with Crippen LogP contribution in [0.2, 0.25) is 0 Å². The predicted octanol–water partition coefficient (Wildman–Crippen LogP) is 2.40. The van der Waals surface area contributed by atoms with Crippen molar-refractivity contribution in [3.05, 3.63) is 36.0 Å². The number of hydrogen-bond donors (Lipinski definition) is 2. The average molecular weight is 393 g/mol. The second-order valence-electron chi connectivity index (χ2n) is 7.35. The minimum Gasteiger partial charge on any atom is -0.454 e. The summed E-state index contributed by atoms with van der Waals surface area (Å²) in [4.78, 5) is 14.2. The monoisotopic (exact) mass is 393 g/mol. The lowest BCUT2D eigenvalue weighted by atomic mass is 10.2. The molecule has 9 nitrogen and oxygen atoms in total. The molecule has 0 bridgehead atoms. The van der Waals surface area contributed by atoms with E-state index in [2.05, 4.69) is 32.4 Å². The van der Waals surface area contributed by atoms with Gasteiger partial charge in [0.15, 0.2) is 23.1 Å². The first-order valence-electron chi connectivity index (χ1n) is 9.66. The standard InChI is InChI=1S/C20H23N7O2/c1-13-9-18(25-24-13)21-17-11-19(27-7-5-26(2)6-8-27)23-20(22-17)14-3-4-15-16(10-14)29-12-28-15/h3-4,9-11H,5-8,12H2,1-2H3,(H2,21,22,23,24,25). The number of benzene rings is 1. The fraction of sp³-hybridized carbons (Fsp3) is 0.350. The smallest absolute Gasteiger partial charge is 0.231 e. The highest BCUT2D eigenvalue weighted by atomic mass is 16.7. The molecule has 2 aromatic heterocycles. The Balaban J connectivity index is 1.52. The van der Waals surface area contributed by atoms with E-state index < -0.39 is 0 Å². The van der Waals surface area contributed by atoms with Gasteiger partial charge in [0.1, 0.15) is 11.6 Å². The van der Waals surface area contributed by atoms with Crippen molar-refractivity contribution in [1.29, 1.82) is 0 Å². The number of nitrogens with zero attached hydrogens (tertiary/aromatic N) is 5. The molecule has 0 aliphatic carbocycles. The summed E-state index contributed by atoms with van der Waals surface area (Å²) in [6.45, 7) is 6.07. The van der Waals surface area contributed by atoms with E-state index in [1.807, 2.05) is 37.3 Å². The molecule has 5 rings (SSSR count).